The van der Waals surface area contributed by atoms with E-state index in [2.05, 4.69) is 10.1 Å². The number of benzene rings is 1. The van der Waals surface area contributed by atoms with Crippen molar-refractivity contribution in [1.29, 1.82) is 0 Å². The first-order valence-corrected chi connectivity index (χ1v) is 6.99. The van der Waals surface area contributed by atoms with Crippen LogP contribution in [-0.4, -0.2) is 50.0 Å². The van der Waals surface area contributed by atoms with Gasteiger partial charge in [0.15, 0.2) is 0 Å². The molecule has 130 valence electrons. The van der Waals surface area contributed by atoms with E-state index in [1.165, 1.54) is 12.1 Å². The second-order valence-electron chi connectivity index (χ2n) is 5.10. The molecule has 0 bridgehead atoms. The highest BCUT2D eigenvalue weighted by Gasteiger charge is 2.44. The lowest BCUT2D eigenvalue weighted by Crippen LogP contribution is -2.46. The summed E-state index contributed by atoms with van der Waals surface area (Å²) in [7, 11) is 0. The highest BCUT2D eigenvalue weighted by molar-refractivity contribution is 5.30. The third-order valence-electron chi connectivity index (χ3n) is 3.51. The number of nitrogens with zero attached hydrogens (tertiary/aromatic N) is 1. The lowest BCUT2D eigenvalue weighted by molar-refractivity contribution is -0.253. The van der Waals surface area contributed by atoms with Crippen LogP contribution in [0.4, 0.5) is 26.3 Å². The minimum atomic E-state index is -4.62. The van der Waals surface area contributed by atoms with Gasteiger partial charge in [-0.15, -0.1) is 0 Å². The van der Waals surface area contributed by atoms with Crippen molar-refractivity contribution < 1.29 is 31.1 Å². The average Bonchev–Trinajstić information content (AvgIpc) is 2.49. The minimum absolute atomic E-state index is 0.217. The average molecular weight is 342 g/mol. The Morgan fingerprint density at radius 3 is 2.04 bits per heavy atom. The Hall–Kier alpha value is -1.48. The first-order valence-electron chi connectivity index (χ1n) is 6.99. The van der Waals surface area contributed by atoms with E-state index in [1.54, 1.807) is 4.90 Å². The van der Waals surface area contributed by atoms with E-state index in [1.807, 2.05) is 0 Å². The van der Waals surface area contributed by atoms with Gasteiger partial charge < -0.3 is 10.1 Å². The van der Waals surface area contributed by atoms with E-state index < -0.39 is 30.8 Å². The molecule has 0 amide bonds. The molecule has 3 nitrogen and oxygen atoms in total. The molecular formula is C14H16F6N2O. The summed E-state index contributed by atoms with van der Waals surface area (Å²) in [5.74, 6) is -0.507. The van der Waals surface area contributed by atoms with Crippen LogP contribution < -0.4 is 10.1 Å². The fourth-order valence-corrected chi connectivity index (χ4v) is 2.41. The SMILES string of the molecule is FC(F)[C@H](c1ccc(OC(F)(F)C(F)F)cc1)N1CCNCC1. The molecular weight excluding hydrogens is 326 g/mol. The number of halogens is 6. The largest absolute Gasteiger partial charge is 0.461 e. The molecule has 1 fully saturated rings. The van der Waals surface area contributed by atoms with E-state index in [-0.39, 0.29) is 5.56 Å². The van der Waals surface area contributed by atoms with Crippen LogP contribution in [0.3, 0.4) is 0 Å². The van der Waals surface area contributed by atoms with Crippen molar-refractivity contribution in [2.75, 3.05) is 26.2 Å². The van der Waals surface area contributed by atoms with Crippen molar-refractivity contribution in [3.63, 3.8) is 0 Å². The normalized spacial score (nSPS) is 18.4. The molecule has 1 aliphatic heterocycles. The number of ether oxygens (including phenoxy) is 1. The van der Waals surface area contributed by atoms with Gasteiger partial charge in [-0.05, 0) is 17.7 Å². The van der Waals surface area contributed by atoms with Gasteiger partial charge in [0, 0.05) is 26.2 Å². The standard InChI is InChI=1S/C14H16F6N2O/c15-12(16)11(22-7-5-21-6-8-22)9-1-3-10(4-2-9)23-14(19,20)13(17)18/h1-4,11-13,21H,5-8H2/t11-/m0/s1. The predicted octanol–water partition coefficient (Wildman–Crippen LogP) is 3.13. The minimum Gasteiger partial charge on any atom is -0.428 e. The van der Waals surface area contributed by atoms with Gasteiger partial charge in [0.2, 0.25) is 0 Å². The van der Waals surface area contributed by atoms with Gasteiger partial charge in [0.05, 0.1) is 6.04 Å². The van der Waals surface area contributed by atoms with Crippen LogP contribution in [0.2, 0.25) is 0 Å². The molecule has 1 N–H and O–H groups in total. The number of rotatable bonds is 6. The van der Waals surface area contributed by atoms with Crippen LogP contribution in [0.15, 0.2) is 24.3 Å². The van der Waals surface area contributed by atoms with Gasteiger partial charge in [-0.1, -0.05) is 12.1 Å². The molecule has 0 saturated carbocycles. The summed E-state index contributed by atoms with van der Waals surface area (Å²) in [4.78, 5) is 1.59. The molecule has 1 aromatic carbocycles. The Balaban J connectivity index is 2.12. The number of hydrogen-bond donors (Lipinski definition) is 1. The third-order valence-corrected chi connectivity index (χ3v) is 3.51. The molecule has 9 heteroatoms. The quantitative estimate of drug-likeness (QED) is 0.804. The van der Waals surface area contributed by atoms with Gasteiger partial charge >= 0.3 is 12.5 Å². The monoisotopic (exact) mass is 342 g/mol. The summed E-state index contributed by atoms with van der Waals surface area (Å²) in [6, 6.07) is 3.18. The Labute approximate surface area is 129 Å². The number of alkyl halides is 6. The van der Waals surface area contributed by atoms with Crippen LogP contribution in [0.1, 0.15) is 11.6 Å². The molecule has 1 aromatic rings. The maximum atomic E-state index is 13.3. The zero-order valence-electron chi connectivity index (χ0n) is 12.0. The van der Waals surface area contributed by atoms with Crippen LogP contribution in [-0.2, 0) is 0 Å². The van der Waals surface area contributed by atoms with Crippen LogP contribution >= 0.6 is 0 Å². The van der Waals surface area contributed by atoms with E-state index in [0.29, 0.717) is 26.2 Å². The van der Waals surface area contributed by atoms with Crippen molar-refractivity contribution in [2.24, 2.45) is 0 Å². The lowest BCUT2D eigenvalue weighted by Gasteiger charge is -2.34. The zero-order chi connectivity index (χ0) is 17.0. The first kappa shape index (κ1) is 17.9. The second kappa shape index (κ2) is 7.39. The van der Waals surface area contributed by atoms with Crippen molar-refractivity contribution in [1.82, 2.24) is 10.2 Å². The molecule has 1 atom stereocenters. The number of nitrogens with one attached hydrogen (secondary N) is 1. The summed E-state index contributed by atoms with van der Waals surface area (Å²) in [5, 5.41) is 3.04. The van der Waals surface area contributed by atoms with Crippen molar-refractivity contribution in [3.05, 3.63) is 29.8 Å². The number of piperazine rings is 1. The van der Waals surface area contributed by atoms with Gasteiger partial charge in [-0.3, -0.25) is 4.90 Å². The van der Waals surface area contributed by atoms with Crippen LogP contribution in [0.5, 0.6) is 5.75 Å². The highest BCUT2D eigenvalue weighted by Crippen LogP contribution is 2.31. The van der Waals surface area contributed by atoms with Crippen molar-refractivity contribution in [3.8, 4) is 5.75 Å². The van der Waals surface area contributed by atoms with Gasteiger partial charge in [-0.2, -0.15) is 17.6 Å². The molecule has 1 heterocycles. The van der Waals surface area contributed by atoms with Gasteiger partial charge in [-0.25, -0.2) is 8.78 Å². The number of hydrogen-bond acceptors (Lipinski definition) is 3. The smallest absolute Gasteiger partial charge is 0.428 e. The summed E-state index contributed by atoms with van der Waals surface area (Å²) in [6.07, 6.45) is -11.3. The summed E-state index contributed by atoms with van der Waals surface area (Å²) in [5.41, 5.74) is 0.217. The summed E-state index contributed by atoms with van der Waals surface area (Å²) in [6.45, 7) is 2.00. The van der Waals surface area contributed by atoms with Crippen molar-refractivity contribution in [2.45, 2.75) is 25.0 Å². The molecule has 2 rings (SSSR count). The highest BCUT2D eigenvalue weighted by atomic mass is 19.3. The molecule has 0 aromatic heterocycles. The fraction of sp³-hybridized carbons (Fsp3) is 0.571. The molecule has 1 saturated heterocycles. The Morgan fingerprint density at radius 1 is 1.00 bits per heavy atom. The van der Waals surface area contributed by atoms with Gasteiger partial charge in [0.25, 0.3) is 6.43 Å². The molecule has 23 heavy (non-hydrogen) atoms. The second-order valence-corrected chi connectivity index (χ2v) is 5.10. The molecule has 0 spiro atoms. The van der Waals surface area contributed by atoms with E-state index in [9.17, 15) is 26.3 Å². The maximum absolute atomic E-state index is 13.3. The van der Waals surface area contributed by atoms with E-state index in [4.69, 9.17) is 0 Å². The topological polar surface area (TPSA) is 24.5 Å². The Morgan fingerprint density at radius 2 is 1.57 bits per heavy atom. The van der Waals surface area contributed by atoms with Crippen molar-refractivity contribution >= 4 is 0 Å². The fourth-order valence-electron chi connectivity index (χ4n) is 2.41. The van der Waals surface area contributed by atoms with E-state index >= 15 is 0 Å². The predicted molar refractivity (Wildman–Crippen MR) is 71.2 cm³/mol. The first-order chi connectivity index (χ1) is 10.8. The summed E-state index contributed by atoms with van der Waals surface area (Å²) >= 11 is 0. The summed E-state index contributed by atoms with van der Waals surface area (Å²) < 4.78 is 80.3. The van der Waals surface area contributed by atoms with E-state index in [0.717, 1.165) is 12.1 Å². The molecule has 0 radical (unpaired) electrons. The maximum Gasteiger partial charge on any atom is 0.461 e. The Kier molecular flexibility index (Phi) is 5.74. The lowest BCUT2D eigenvalue weighted by atomic mass is 10.0. The molecule has 1 aliphatic rings. The van der Waals surface area contributed by atoms with Gasteiger partial charge in [0.1, 0.15) is 5.75 Å². The third kappa shape index (κ3) is 4.51. The molecule has 0 unspecified atom stereocenters. The Bertz CT molecular complexity index is 491. The van der Waals surface area contributed by atoms with Crippen LogP contribution in [0.25, 0.3) is 0 Å². The zero-order valence-corrected chi connectivity index (χ0v) is 12.0. The van der Waals surface area contributed by atoms with Crippen LogP contribution in [0, 0.1) is 0 Å². The molecule has 0 aliphatic carbocycles.